The molecule has 0 bridgehead atoms. The van der Waals surface area contributed by atoms with Gasteiger partial charge in [-0.2, -0.15) is 5.26 Å². The first-order valence-electron chi connectivity index (χ1n) is 7.11. The molecule has 21 heavy (non-hydrogen) atoms. The van der Waals surface area contributed by atoms with Gasteiger partial charge in [-0.1, -0.05) is 0 Å². The molecular formula is C16H21N3O2. The minimum Gasteiger partial charge on any atom is -0.483 e. The van der Waals surface area contributed by atoms with Crippen molar-refractivity contribution >= 4 is 5.91 Å². The summed E-state index contributed by atoms with van der Waals surface area (Å²) in [5, 5.41) is 8.93. The summed E-state index contributed by atoms with van der Waals surface area (Å²) in [5.74, 6) is 0.725. The Morgan fingerprint density at radius 1 is 1.24 bits per heavy atom. The second-order valence-electron chi connectivity index (χ2n) is 5.52. The highest BCUT2D eigenvalue weighted by molar-refractivity contribution is 5.78. The predicted molar refractivity (Wildman–Crippen MR) is 80.2 cm³/mol. The number of amides is 1. The van der Waals surface area contributed by atoms with Crippen LogP contribution in [0.1, 0.15) is 16.7 Å². The Kier molecular flexibility index (Phi) is 4.81. The van der Waals surface area contributed by atoms with Gasteiger partial charge >= 0.3 is 0 Å². The Hall–Kier alpha value is -2.06. The van der Waals surface area contributed by atoms with E-state index in [-0.39, 0.29) is 12.5 Å². The molecule has 1 aromatic carbocycles. The van der Waals surface area contributed by atoms with Gasteiger partial charge in [0.2, 0.25) is 0 Å². The van der Waals surface area contributed by atoms with Crippen LogP contribution in [0.25, 0.3) is 0 Å². The molecule has 2 rings (SSSR count). The number of ether oxygens (including phenoxy) is 1. The zero-order chi connectivity index (χ0) is 15.4. The molecule has 1 amide bonds. The van der Waals surface area contributed by atoms with Crippen molar-refractivity contribution in [2.24, 2.45) is 0 Å². The number of nitriles is 1. The number of hydrogen-bond donors (Lipinski definition) is 0. The largest absolute Gasteiger partial charge is 0.483 e. The van der Waals surface area contributed by atoms with Crippen molar-refractivity contribution in [3.8, 4) is 11.8 Å². The Morgan fingerprint density at radius 2 is 1.81 bits per heavy atom. The normalized spacial score (nSPS) is 15.6. The van der Waals surface area contributed by atoms with Gasteiger partial charge in [-0.15, -0.1) is 0 Å². The van der Waals surface area contributed by atoms with Gasteiger partial charge in [0.25, 0.3) is 5.91 Å². The van der Waals surface area contributed by atoms with Crippen molar-refractivity contribution in [1.29, 1.82) is 5.26 Å². The van der Waals surface area contributed by atoms with Gasteiger partial charge in [0.05, 0.1) is 11.6 Å². The minimum atomic E-state index is 0.0197. The van der Waals surface area contributed by atoms with E-state index in [9.17, 15) is 4.79 Å². The van der Waals surface area contributed by atoms with Crippen molar-refractivity contribution in [3.63, 3.8) is 0 Å². The summed E-state index contributed by atoms with van der Waals surface area (Å²) in [5.41, 5.74) is 2.39. The first-order valence-corrected chi connectivity index (χ1v) is 7.11. The highest BCUT2D eigenvalue weighted by Gasteiger charge is 2.19. The van der Waals surface area contributed by atoms with Crippen molar-refractivity contribution in [3.05, 3.63) is 28.8 Å². The van der Waals surface area contributed by atoms with E-state index in [4.69, 9.17) is 10.00 Å². The van der Waals surface area contributed by atoms with Crippen molar-refractivity contribution in [2.45, 2.75) is 13.8 Å². The molecule has 0 aromatic heterocycles. The first kappa shape index (κ1) is 15.3. The van der Waals surface area contributed by atoms with Crippen LogP contribution in [-0.2, 0) is 4.79 Å². The standard InChI is InChI=1S/C16H21N3O2/c1-12-8-14(10-17)9-13(2)16(12)21-11-15(20)19-6-4-18(3)5-7-19/h8-9H,4-7,11H2,1-3H3. The summed E-state index contributed by atoms with van der Waals surface area (Å²) in [6, 6.07) is 5.68. The third kappa shape index (κ3) is 3.73. The van der Waals surface area contributed by atoms with Crippen molar-refractivity contribution in [2.75, 3.05) is 39.8 Å². The van der Waals surface area contributed by atoms with Crippen LogP contribution >= 0.6 is 0 Å². The zero-order valence-electron chi connectivity index (χ0n) is 12.8. The van der Waals surface area contributed by atoms with E-state index < -0.39 is 0 Å². The molecule has 1 aliphatic rings. The topological polar surface area (TPSA) is 56.6 Å². The maximum atomic E-state index is 12.2. The summed E-state index contributed by atoms with van der Waals surface area (Å²) in [6.45, 7) is 7.15. The Balaban J connectivity index is 1.97. The molecular weight excluding hydrogens is 266 g/mol. The average molecular weight is 287 g/mol. The molecule has 1 heterocycles. The first-order chi connectivity index (χ1) is 10.0. The van der Waals surface area contributed by atoms with Crippen LogP contribution in [0, 0.1) is 25.2 Å². The SMILES string of the molecule is Cc1cc(C#N)cc(C)c1OCC(=O)N1CCN(C)CC1. The van der Waals surface area contributed by atoms with E-state index in [2.05, 4.69) is 18.0 Å². The van der Waals surface area contributed by atoms with Gasteiger partial charge in [0, 0.05) is 26.2 Å². The Morgan fingerprint density at radius 3 is 2.33 bits per heavy atom. The Labute approximate surface area is 125 Å². The van der Waals surface area contributed by atoms with Crippen molar-refractivity contribution < 1.29 is 9.53 Å². The zero-order valence-corrected chi connectivity index (χ0v) is 12.8. The third-order valence-corrected chi connectivity index (χ3v) is 3.79. The molecule has 1 aromatic rings. The van der Waals surface area contributed by atoms with Crippen LogP contribution in [0.15, 0.2) is 12.1 Å². The van der Waals surface area contributed by atoms with E-state index >= 15 is 0 Å². The number of hydrogen-bond acceptors (Lipinski definition) is 4. The lowest BCUT2D eigenvalue weighted by molar-refractivity contribution is -0.134. The fourth-order valence-electron chi connectivity index (χ4n) is 2.52. The van der Waals surface area contributed by atoms with E-state index in [0.29, 0.717) is 11.3 Å². The van der Waals surface area contributed by atoms with Gasteiger partial charge in [-0.25, -0.2) is 0 Å². The van der Waals surface area contributed by atoms with Gasteiger partial charge in [0.15, 0.2) is 6.61 Å². The highest BCUT2D eigenvalue weighted by atomic mass is 16.5. The lowest BCUT2D eigenvalue weighted by Gasteiger charge is -2.32. The maximum absolute atomic E-state index is 12.2. The smallest absolute Gasteiger partial charge is 0.260 e. The van der Waals surface area contributed by atoms with Crippen LogP contribution in [-0.4, -0.2) is 55.5 Å². The fraction of sp³-hybridized carbons (Fsp3) is 0.500. The molecule has 0 unspecified atom stereocenters. The molecule has 0 N–H and O–H groups in total. The number of aryl methyl sites for hydroxylation is 2. The lowest BCUT2D eigenvalue weighted by Crippen LogP contribution is -2.48. The van der Waals surface area contributed by atoms with Crippen LogP contribution < -0.4 is 4.74 Å². The summed E-state index contributed by atoms with van der Waals surface area (Å²) >= 11 is 0. The van der Waals surface area contributed by atoms with Crippen LogP contribution in [0.4, 0.5) is 0 Å². The summed E-state index contributed by atoms with van der Waals surface area (Å²) in [4.78, 5) is 16.2. The lowest BCUT2D eigenvalue weighted by atomic mass is 10.1. The monoisotopic (exact) mass is 287 g/mol. The van der Waals surface area contributed by atoms with Crippen molar-refractivity contribution in [1.82, 2.24) is 9.80 Å². The molecule has 0 aliphatic carbocycles. The number of rotatable bonds is 3. The molecule has 5 nitrogen and oxygen atoms in total. The molecule has 1 fully saturated rings. The number of carbonyl (C=O) groups excluding carboxylic acids is 1. The summed E-state index contributed by atoms with van der Waals surface area (Å²) in [6.07, 6.45) is 0. The fourth-order valence-corrected chi connectivity index (χ4v) is 2.52. The van der Waals surface area contributed by atoms with Gasteiger partial charge < -0.3 is 14.5 Å². The summed E-state index contributed by atoms with van der Waals surface area (Å²) < 4.78 is 5.69. The highest BCUT2D eigenvalue weighted by Crippen LogP contribution is 2.24. The molecule has 0 atom stereocenters. The van der Waals surface area contributed by atoms with Gasteiger partial charge in [-0.05, 0) is 44.2 Å². The predicted octanol–water partition coefficient (Wildman–Crippen LogP) is 1.33. The van der Waals surface area contributed by atoms with Crippen LogP contribution in [0.2, 0.25) is 0 Å². The second kappa shape index (κ2) is 6.59. The summed E-state index contributed by atoms with van der Waals surface area (Å²) in [7, 11) is 2.06. The molecule has 1 saturated heterocycles. The van der Waals surface area contributed by atoms with E-state index in [1.807, 2.05) is 18.7 Å². The van der Waals surface area contributed by atoms with Gasteiger partial charge in [0.1, 0.15) is 5.75 Å². The quantitative estimate of drug-likeness (QED) is 0.841. The molecule has 5 heteroatoms. The maximum Gasteiger partial charge on any atom is 0.260 e. The van der Waals surface area contributed by atoms with E-state index in [1.165, 1.54) is 0 Å². The Bertz CT molecular complexity index is 546. The number of piperazine rings is 1. The second-order valence-corrected chi connectivity index (χ2v) is 5.52. The molecule has 0 spiro atoms. The van der Waals surface area contributed by atoms with Crippen LogP contribution in [0.3, 0.4) is 0 Å². The number of benzene rings is 1. The van der Waals surface area contributed by atoms with Crippen LogP contribution in [0.5, 0.6) is 5.75 Å². The number of likely N-dealkylation sites (N-methyl/N-ethyl adjacent to an activating group) is 1. The third-order valence-electron chi connectivity index (χ3n) is 3.79. The molecule has 0 radical (unpaired) electrons. The van der Waals surface area contributed by atoms with Gasteiger partial charge in [-0.3, -0.25) is 4.79 Å². The number of carbonyl (C=O) groups is 1. The minimum absolute atomic E-state index is 0.0197. The molecule has 0 saturated carbocycles. The van der Waals surface area contributed by atoms with E-state index in [0.717, 1.165) is 37.3 Å². The van der Waals surface area contributed by atoms with E-state index in [1.54, 1.807) is 12.1 Å². The average Bonchev–Trinajstić information content (AvgIpc) is 2.46. The molecule has 112 valence electrons. The molecule has 1 aliphatic heterocycles. The number of nitrogens with zero attached hydrogens (tertiary/aromatic N) is 3.